The summed E-state index contributed by atoms with van der Waals surface area (Å²) in [6.45, 7) is 2.80. The van der Waals surface area contributed by atoms with Crippen LogP contribution in [0.5, 0.6) is 11.5 Å². The van der Waals surface area contributed by atoms with Crippen molar-refractivity contribution in [2.45, 2.75) is 32.4 Å². The van der Waals surface area contributed by atoms with Crippen LogP contribution in [0.15, 0.2) is 48.9 Å². The van der Waals surface area contributed by atoms with Gasteiger partial charge in [0.1, 0.15) is 27.9 Å². The first-order valence-corrected chi connectivity index (χ1v) is 11.6. The molecule has 5 aromatic rings. The third kappa shape index (κ3) is 3.89. The average Bonchev–Trinajstić information content (AvgIpc) is 3.43. The smallest absolute Gasteiger partial charge is 0.148 e. The molecule has 0 saturated heterocycles. The van der Waals surface area contributed by atoms with Crippen molar-refractivity contribution in [1.82, 2.24) is 29.7 Å². The average molecular weight is 475 g/mol. The van der Waals surface area contributed by atoms with E-state index in [9.17, 15) is 0 Å². The molecular weight excluding hydrogens is 452 g/mol. The van der Waals surface area contributed by atoms with Crippen LogP contribution in [0.4, 0.5) is 0 Å². The molecule has 1 aliphatic rings. The van der Waals surface area contributed by atoms with Gasteiger partial charge in [-0.3, -0.25) is 9.67 Å². The summed E-state index contributed by atoms with van der Waals surface area (Å²) in [5.74, 6) is 2.63. The highest BCUT2D eigenvalue weighted by Gasteiger charge is 2.29. The van der Waals surface area contributed by atoms with Crippen molar-refractivity contribution in [3.8, 4) is 22.8 Å². The van der Waals surface area contributed by atoms with Gasteiger partial charge in [0.15, 0.2) is 0 Å². The Labute approximate surface area is 200 Å². The highest BCUT2D eigenvalue weighted by atomic mass is 35.5. The van der Waals surface area contributed by atoms with Gasteiger partial charge in [-0.15, -0.1) is 0 Å². The Hall–Kier alpha value is -3.49. The highest BCUT2D eigenvalue weighted by Crippen LogP contribution is 2.36. The second-order valence-corrected chi connectivity index (χ2v) is 9.13. The number of nitrogens with zero attached hydrogens (tertiary/aromatic N) is 5. The number of hydrogen-bond donors (Lipinski definition) is 1. The second kappa shape index (κ2) is 8.38. The van der Waals surface area contributed by atoms with Crippen LogP contribution in [0, 0.1) is 12.8 Å². The topological polar surface area (TPSA) is 90.7 Å². The first-order valence-electron chi connectivity index (χ1n) is 11.2. The molecule has 0 aliphatic heterocycles. The number of ether oxygens (including phenoxy) is 2. The standard InChI is InChI=1S/C25H23ClN6O2/c1-14-29-19-4-3-17(9-21(19)30-14)34-23-6-5-20-25(24(23)26)31-22(11-27-20)16-10-28-32(13-16)12-15-7-18(8-15)33-2/h3-6,9-11,13,15,18H,7-8,12H2,1-2H3,(H,29,30). The minimum absolute atomic E-state index is 0.385. The maximum atomic E-state index is 6.72. The Morgan fingerprint density at radius 1 is 1.12 bits per heavy atom. The zero-order chi connectivity index (χ0) is 23.2. The number of nitrogens with one attached hydrogen (secondary N) is 1. The summed E-state index contributed by atoms with van der Waals surface area (Å²) >= 11 is 6.72. The number of imidazole rings is 1. The summed E-state index contributed by atoms with van der Waals surface area (Å²) in [6, 6.07) is 9.36. The van der Waals surface area contributed by atoms with E-state index >= 15 is 0 Å². The number of rotatable bonds is 6. The van der Waals surface area contributed by atoms with Crippen molar-refractivity contribution in [2.75, 3.05) is 7.11 Å². The molecule has 3 aromatic heterocycles. The van der Waals surface area contributed by atoms with E-state index in [0.717, 1.165) is 47.5 Å². The maximum Gasteiger partial charge on any atom is 0.148 e. The van der Waals surface area contributed by atoms with Gasteiger partial charge in [0.25, 0.3) is 0 Å². The van der Waals surface area contributed by atoms with Gasteiger partial charge >= 0.3 is 0 Å². The molecule has 6 rings (SSSR count). The van der Waals surface area contributed by atoms with Crippen LogP contribution in [0.3, 0.4) is 0 Å². The minimum Gasteiger partial charge on any atom is -0.456 e. The molecule has 0 amide bonds. The van der Waals surface area contributed by atoms with Crippen LogP contribution in [0.2, 0.25) is 5.02 Å². The number of benzene rings is 2. The number of methoxy groups -OCH3 is 1. The normalized spacial score (nSPS) is 17.9. The van der Waals surface area contributed by atoms with Crippen molar-refractivity contribution in [2.24, 2.45) is 5.92 Å². The fourth-order valence-corrected chi connectivity index (χ4v) is 4.67. The quantitative estimate of drug-likeness (QED) is 0.347. The predicted octanol–water partition coefficient (Wildman–Crippen LogP) is 5.55. The molecule has 1 saturated carbocycles. The Kier molecular flexibility index (Phi) is 5.19. The van der Waals surface area contributed by atoms with E-state index in [0.29, 0.717) is 39.6 Å². The summed E-state index contributed by atoms with van der Waals surface area (Å²) in [5.41, 5.74) is 4.71. The highest BCUT2D eigenvalue weighted by molar-refractivity contribution is 6.36. The first kappa shape index (κ1) is 21.1. The number of aryl methyl sites for hydroxylation is 1. The molecule has 0 unspecified atom stereocenters. The van der Waals surface area contributed by atoms with E-state index in [-0.39, 0.29) is 0 Å². The Balaban J connectivity index is 1.26. The van der Waals surface area contributed by atoms with Crippen LogP contribution in [0.25, 0.3) is 33.3 Å². The fourth-order valence-electron chi connectivity index (χ4n) is 4.43. The van der Waals surface area contributed by atoms with E-state index < -0.39 is 0 Å². The Morgan fingerprint density at radius 2 is 1.97 bits per heavy atom. The van der Waals surface area contributed by atoms with Crippen molar-refractivity contribution >= 4 is 33.7 Å². The Bertz CT molecular complexity index is 1500. The monoisotopic (exact) mass is 474 g/mol. The molecule has 172 valence electrons. The van der Waals surface area contributed by atoms with Crippen molar-refractivity contribution in [3.05, 3.63) is 59.8 Å². The van der Waals surface area contributed by atoms with Gasteiger partial charge in [0.2, 0.25) is 0 Å². The van der Waals surface area contributed by atoms with Crippen molar-refractivity contribution in [1.29, 1.82) is 0 Å². The van der Waals surface area contributed by atoms with E-state index in [4.69, 9.17) is 26.1 Å². The lowest BCUT2D eigenvalue weighted by Crippen LogP contribution is -2.33. The van der Waals surface area contributed by atoms with Crippen LogP contribution >= 0.6 is 11.6 Å². The largest absolute Gasteiger partial charge is 0.456 e. The molecule has 1 fully saturated rings. The summed E-state index contributed by atoms with van der Waals surface area (Å²) in [4.78, 5) is 17.0. The molecule has 1 N–H and O–H groups in total. The molecule has 0 atom stereocenters. The van der Waals surface area contributed by atoms with Crippen LogP contribution in [0.1, 0.15) is 18.7 Å². The molecule has 0 spiro atoms. The lowest BCUT2D eigenvalue weighted by Gasteiger charge is -2.33. The molecule has 0 bridgehead atoms. The molecule has 3 heterocycles. The summed E-state index contributed by atoms with van der Waals surface area (Å²) in [6.07, 6.45) is 8.11. The molecular formula is C25H23ClN6O2. The van der Waals surface area contributed by atoms with E-state index in [1.807, 2.05) is 54.3 Å². The minimum atomic E-state index is 0.385. The third-order valence-corrected chi connectivity index (χ3v) is 6.68. The van der Waals surface area contributed by atoms with Crippen molar-refractivity contribution in [3.63, 3.8) is 0 Å². The Morgan fingerprint density at radius 3 is 2.82 bits per heavy atom. The number of fused-ring (bicyclic) bond motifs is 2. The van der Waals surface area contributed by atoms with Crippen molar-refractivity contribution < 1.29 is 9.47 Å². The number of aromatic nitrogens is 6. The number of halogens is 1. The molecule has 1 aliphatic carbocycles. The van der Waals surface area contributed by atoms with Crippen LogP contribution in [-0.4, -0.2) is 42.9 Å². The third-order valence-electron chi connectivity index (χ3n) is 6.32. The number of H-pyrrole nitrogens is 1. The van der Waals surface area contributed by atoms with Crippen LogP contribution < -0.4 is 4.74 Å². The van der Waals surface area contributed by atoms with Crippen LogP contribution in [-0.2, 0) is 11.3 Å². The van der Waals surface area contributed by atoms with E-state index in [1.165, 1.54) is 0 Å². The summed E-state index contributed by atoms with van der Waals surface area (Å²) < 4.78 is 13.4. The summed E-state index contributed by atoms with van der Waals surface area (Å²) in [7, 11) is 1.77. The molecule has 34 heavy (non-hydrogen) atoms. The lowest BCUT2D eigenvalue weighted by molar-refractivity contribution is -0.00546. The zero-order valence-corrected chi connectivity index (χ0v) is 19.6. The molecule has 9 heteroatoms. The predicted molar refractivity (Wildman–Crippen MR) is 130 cm³/mol. The van der Waals surface area contributed by atoms with Gasteiger partial charge in [-0.1, -0.05) is 11.6 Å². The fraction of sp³-hybridized carbons (Fsp3) is 0.280. The molecule has 0 radical (unpaired) electrons. The van der Waals surface area contributed by atoms with E-state index in [1.54, 1.807) is 13.3 Å². The number of aromatic amines is 1. The van der Waals surface area contributed by atoms with Gasteiger partial charge in [0, 0.05) is 31.5 Å². The molecule has 8 nitrogen and oxygen atoms in total. The van der Waals surface area contributed by atoms with E-state index in [2.05, 4.69) is 20.1 Å². The van der Waals surface area contributed by atoms with Gasteiger partial charge < -0.3 is 14.5 Å². The SMILES string of the molecule is COC1CC(Cn2cc(-c3cnc4ccc(Oc5ccc6nc(C)[nH]c6c5)c(Cl)c4n3)cn2)C1. The van der Waals surface area contributed by atoms with Gasteiger partial charge in [-0.05, 0) is 49.9 Å². The summed E-state index contributed by atoms with van der Waals surface area (Å²) in [5, 5.41) is 4.93. The lowest BCUT2D eigenvalue weighted by atomic mass is 9.82. The maximum absolute atomic E-state index is 6.72. The van der Waals surface area contributed by atoms with Gasteiger partial charge in [-0.2, -0.15) is 5.10 Å². The van der Waals surface area contributed by atoms with Gasteiger partial charge in [-0.25, -0.2) is 9.97 Å². The zero-order valence-electron chi connectivity index (χ0n) is 18.8. The number of hydrogen-bond acceptors (Lipinski definition) is 6. The molecule has 2 aromatic carbocycles. The second-order valence-electron chi connectivity index (χ2n) is 8.75. The first-order chi connectivity index (χ1) is 16.6. The van der Waals surface area contributed by atoms with Gasteiger partial charge in [0.05, 0.1) is 40.7 Å².